The monoisotopic (exact) mass is 514 g/mol. The molecular weight excluding hydrogens is 488 g/mol. The summed E-state index contributed by atoms with van der Waals surface area (Å²) < 4.78 is 25.2. The molecule has 0 saturated carbocycles. The van der Waals surface area contributed by atoms with Crippen LogP contribution in [0.2, 0.25) is 0 Å². The molecule has 0 saturated heterocycles. The third-order valence-electron chi connectivity index (χ3n) is 6.06. The van der Waals surface area contributed by atoms with Gasteiger partial charge in [-0.25, -0.2) is 8.42 Å². The summed E-state index contributed by atoms with van der Waals surface area (Å²) in [5.41, 5.74) is 2.47. The lowest BCUT2D eigenvalue weighted by molar-refractivity contribution is 0.0950. The van der Waals surface area contributed by atoms with Gasteiger partial charge in [0, 0.05) is 26.5 Å². The first-order chi connectivity index (χ1) is 17.1. The molecule has 4 aromatic rings. The molecule has 6 heteroatoms. The third-order valence-corrected chi connectivity index (χ3v) is 9.57. The van der Waals surface area contributed by atoms with Crippen molar-refractivity contribution in [3.8, 4) is 0 Å². The minimum Gasteiger partial charge on any atom is -0.292 e. The zero-order chi connectivity index (χ0) is 25.9. The van der Waals surface area contributed by atoms with Crippen LogP contribution in [0, 0.1) is 6.92 Å². The first-order valence-corrected chi connectivity index (χ1v) is 13.7. The van der Waals surface area contributed by atoms with Crippen LogP contribution in [-0.2, 0) is 9.84 Å². The second-order valence-corrected chi connectivity index (χ2v) is 12.6. The number of carbonyl (C=O) groups excluding carboxylic acids is 2. The van der Waals surface area contributed by atoms with Crippen molar-refractivity contribution in [3.63, 3.8) is 0 Å². The van der Waals surface area contributed by atoms with Crippen LogP contribution in [0.1, 0.15) is 45.7 Å². The van der Waals surface area contributed by atoms with Gasteiger partial charge in [-0.3, -0.25) is 9.59 Å². The average Bonchev–Trinajstić information content (AvgIpc) is 2.89. The molecule has 0 unspecified atom stereocenters. The van der Waals surface area contributed by atoms with Crippen LogP contribution in [0.4, 0.5) is 0 Å². The number of aryl methyl sites for hydroxylation is 1. The Balaban J connectivity index is 1.60. The Morgan fingerprint density at radius 1 is 0.694 bits per heavy atom. The lowest BCUT2D eigenvalue weighted by atomic mass is 10.0. The number of sulfone groups is 1. The summed E-state index contributed by atoms with van der Waals surface area (Å²) in [6.07, 6.45) is 0. The molecule has 4 rings (SSSR count). The summed E-state index contributed by atoms with van der Waals surface area (Å²) in [5, 5.41) is 0. The molecule has 0 aromatic heterocycles. The number of benzene rings is 4. The van der Waals surface area contributed by atoms with Crippen LogP contribution in [0.3, 0.4) is 0 Å². The molecule has 0 aliphatic rings. The maximum Gasteiger partial charge on any atom is 0.193 e. The van der Waals surface area contributed by atoms with E-state index in [4.69, 9.17) is 0 Å². The highest BCUT2D eigenvalue weighted by atomic mass is 32.2. The van der Waals surface area contributed by atoms with Gasteiger partial charge in [0.15, 0.2) is 21.4 Å². The van der Waals surface area contributed by atoms with Gasteiger partial charge in [-0.2, -0.15) is 0 Å². The lowest BCUT2D eigenvalue weighted by Crippen LogP contribution is -2.41. The number of rotatable bonds is 8. The molecule has 0 amide bonds. The molecule has 0 aliphatic heterocycles. The second kappa shape index (κ2) is 10.2. The van der Waals surface area contributed by atoms with E-state index in [1.54, 1.807) is 66.7 Å². The normalized spacial score (nSPS) is 11.8. The van der Waals surface area contributed by atoms with E-state index in [2.05, 4.69) is 0 Å². The van der Waals surface area contributed by atoms with Gasteiger partial charge in [0.25, 0.3) is 0 Å². The van der Waals surface area contributed by atoms with Crippen LogP contribution in [0.15, 0.2) is 118 Å². The Kier molecular flexibility index (Phi) is 7.29. The topological polar surface area (TPSA) is 68.3 Å². The summed E-state index contributed by atoms with van der Waals surface area (Å²) in [5.74, 6) is -0.534. The lowest BCUT2D eigenvalue weighted by Gasteiger charge is -2.24. The molecule has 0 heterocycles. The van der Waals surface area contributed by atoms with Crippen LogP contribution in [0.25, 0.3) is 0 Å². The van der Waals surface area contributed by atoms with Crippen molar-refractivity contribution in [3.05, 3.63) is 125 Å². The Morgan fingerprint density at radius 3 is 1.89 bits per heavy atom. The Bertz CT molecular complexity index is 1500. The Morgan fingerprint density at radius 2 is 1.25 bits per heavy atom. The van der Waals surface area contributed by atoms with Gasteiger partial charge in [0.05, 0.1) is 4.90 Å². The van der Waals surface area contributed by atoms with E-state index in [1.807, 2.05) is 43.3 Å². The maximum absolute atomic E-state index is 13.6. The van der Waals surface area contributed by atoms with Crippen molar-refractivity contribution in [2.75, 3.05) is 0 Å². The summed E-state index contributed by atoms with van der Waals surface area (Å²) in [6, 6.07) is 29.8. The molecule has 36 heavy (non-hydrogen) atoms. The van der Waals surface area contributed by atoms with Gasteiger partial charge in [-0.05, 0) is 63.2 Å². The number of hydrogen-bond acceptors (Lipinski definition) is 5. The summed E-state index contributed by atoms with van der Waals surface area (Å²) in [4.78, 5) is 27.9. The Labute approximate surface area is 216 Å². The van der Waals surface area contributed by atoms with E-state index in [9.17, 15) is 18.0 Å². The molecule has 4 nitrogen and oxygen atoms in total. The molecular formula is C30H26O4S2. The van der Waals surface area contributed by atoms with Gasteiger partial charge in [-0.1, -0.05) is 78.0 Å². The van der Waals surface area contributed by atoms with Crippen LogP contribution < -0.4 is 0 Å². The molecule has 0 N–H and O–H groups in total. The smallest absolute Gasteiger partial charge is 0.193 e. The van der Waals surface area contributed by atoms with Crippen molar-refractivity contribution in [1.29, 1.82) is 0 Å². The zero-order valence-electron chi connectivity index (χ0n) is 20.3. The van der Waals surface area contributed by atoms with Crippen molar-refractivity contribution in [2.45, 2.75) is 40.2 Å². The summed E-state index contributed by atoms with van der Waals surface area (Å²) >= 11 is 1.36. The minimum absolute atomic E-state index is 0.0641. The highest BCUT2D eigenvalue weighted by Gasteiger charge is 2.43. The number of ketones is 2. The van der Waals surface area contributed by atoms with Crippen LogP contribution in [0.5, 0.6) is 0 Å². The van der Waals surface area contributed by atoms with Gasteiger partial charge in [0.1, 0.15) is 4.75 Å². The van der Waals surface area contributed by atoms with Crippen LogP contribution in [-0.4, -0.2) is 24.7 Å². The fourth-order valence-electron chi connectivity index (χ4n) is 3.76. The quantitative estimate of drug-likeness (QED) is 0.242. The average molecular weight is 515 g/mol. The highest BCUT2D eigenvalue weighted by Crippen LogP contribution is 2.35. The zero-order valence-corrected chi connectivity index (χ0v) is 21.9. The van der Waals surface area contributed by atoms with Crippen molar-refractivity contribution < 1.29 is 18.0 Å². The Hall–Kier alpha value is -3.48. The largest absolute Gasteiger partial charge is 0.292 e. The molecule has 0 atom stereocenters. The first kappa shape index (κ1) is 25.6. The van der Waals surface area contributed by atoms with Gasteiger partial charge >= 0.3 is 0 Å². The van der Waals surface area contributed by atoms with Gasteiger partial charge < -0.3 is 0 Å². The molecule has 0 radical (unpaired) electrons. The molecule has 0 bridgehead atoms. The number of Topliss-reactive ketones (excluding diaryl/α,β-unsaturated/α-hetero) is 1. The molecule has 0 aliphatic carbocycles. The molecule has 182 valence electrons. The fraction of sp³-hybridized carbons (Fsp3) is 0.133. The SMILES string of the molecule is Cc1ccc(S(=O)(=O)C(C)(C)C(=O)c2ccccc2Sc2ccc(C(=O)c3ccccc3)cc2)cc1. The van der Waals surface area contributed by atoms with E-state index >= 15 is 0 Å². The summed E-state index contributed by atoms with van der Waals surface area (Å²) in [6.45, 7) is 4.79. The fourth-order valence-corrected chi connectivity index (χ4v) is 6.14. The predicted molar refractivity (Wildman–Crippen MR) is 144 cm³/mol. The predicted octanol–water partition coefficient (Wildman–Crippen LogP) is 6.81. The molecule has 4 aromatic carbocycles. The van der Waals surface area contributed by atoms with E-state index in [-0.39, 0.29) is 10.7 Å². The molecule has 0 fully saturated rings. The standard InChI is InChI=1S/C30H26O4S2/c1-21-13-19-25(20-14-21)36(33,34)30(2,3)29(32)26-11-7-8-12-27(26)35-24-17-15-23(16-18-24)28(31)22-9-5-4-6-10-22/h4-20H,1-3H3. The maximum atomic E-state index is 13.6. The van der Waals surface area contributed by atoms with E-state index in [0.29, 0.717) is 21.6 Å². The first-order valence-electron chi connectivity index (χ1n) is 11.4. The number of carbonyl (C=O) groups is 2. The van der Waals surface area contributed by atoms with Gasteiger partial charge in [0.2, 0.25) is 0 Å². The second-order valence-electron chi connectivity index (χ2n) is 8.97. The number of hydrogen-bond donors (Lipinski definition) is 0. The van der Waals surface area contributed by atoms with E-state index < -0.39 is 20.4 Å². The molecule has 0 spiro atoms. The van der Waals surface area contributed by atoms with Crippen molar-refractivity contribution in [2.24, 2.45) is 0 Å². The summed E-state index contributed by atoms with van der Waals surface area (Å²) in [7, 11) is -3.93. The van der Waals surface area contributed by atoms with Crippen LogP contribution >= 0.6 is 11.8 Å². The minimum atomic E-state index is -3.93. The highest BCUT2D eigenvalue weighted by molar-refractivity contribution is 7.99. The van der Waals surface area contributed by atoms with E-state index in [0.717, 1.165) is 10.5 Å². The van der Waals surface area contributed by atoms with E-state index in [1.165, 1.54) is 25.6 Å². The van der Waals surface area contributed by atoms with Crippen molar-refractivity contribution in [1.82, 2.24) is 0 Å². The third kappa shape index (κ3) is 5.06. The van der Waals surface area contributed by atoms with Crippen molar-refractivity contribution >= 4 is 33.2 Å². The van der Waals surface area contributed by atoms with Gasteiger partial charge in [-0.15, -0.1) is 0 Å².